The Balaban J connectivity index is 1.32. The Hall–Kier alpha value is -2.56. The highest BCUT2D eigenvalue weighted by atomic mass is 35.5. The summed E-state index contributed by atoms with van der Waals surface area (Å²) >= 11 is 12.7. The number of halogens is 2. The first-order chi connectivity index (χ1) is 15.5. The first-order valence-corrected chi connectivity index (χ1v) is 11.8. The smallest absolute Gasteiger partial charge is 0.220 e. The van der Waals surface area contributed by atoms with Crippen molar-refractivity contribution < 1.29 is 9.53 Å². The minimum atomic E-state index is -0.228. The molecule has 164 valence electrons. The molecule has 2 aromatic carbocycles. The van der Waals surface area contributed by atoms with Crippen LogP contribution >= 0.6 is 23.2 Å². The van der Waals surface area contributed by atoms with Crippen molar-refractivity contribution in [2.24, 2.45) is 0 Å². The van der Waals surface area contributed by atoms with Crippen LogP contribution < -0.4 is 10.1 Å². The van der Waals surface area contributed by atoms with Crippen molar-refractivity contribution in [1.82, 2.24) is 10.3 Å². The third-order valence-electron chi connectivity index (χ3n) is 6.49. The Kier molecular flexibility index (Phi) is 5.83. The van der Waals surface area contributed by atoms with Crippen molar-refractivity contribution in [2.45, 2.75) is 50.2 Å². The number of aromatic nitrogens is 1. The fraction of sp³-hybridized carbons (Fsp3) is 0.308. The molecule has 2 heterocycles. The molecule has 1 amide bonds. The van der Waals surface area contributed by atoms with Crippen LogP contribution in [0, 0.1) is 0 Å². The van der Waals surface area contributed by atoms with E-state index in [2.05, 4.69) is 22.4 Å². The molecule has 1 fully saturated rings. The molecule has 1 atom stereocenters. The zero-order valence-corrected chi connectivity index (χ0v) is 19.1. The van der Waals surface area contributed by atoms with Crippen molar-refractivity contribution in [3.05, 3.63) is 82.0 Å². The summed E-state index contributed by atoms with van der Waals surface area (Å²) in [6.07, 6.45) is 6.64. The van der Waals surface area contributed by atoms with E-state index >= 15 is 0 Å². The Morgan fingerprint density at radius 1 is 1.12 bits per heavy atom. The zero-order valence-electron chi connectivity index (χ0n) is 17.6. The summed E-state index contributed by atoms with van der Waals surface area (Å²) in [5, 5.41) is 4.28. The molecule has 1 aromatic heterocycles. The molecule has 32 heavy (non-hydrogen) atoms. The molecule has 6 heteroatoms. The number of ether oxygens (including phenoxy) is 1. The van der Waals surface area contributed by atoms with E-state index in [0.717, 1.165) is 48.1 Å². The second kappa shape index (κ2) is 8.76. The molecule has 1 aliphatic heterocycles. The van der Waals surface area contributed by atoms with E-state index in [1.807, 2.05) is 36.4 Å². The van der Waals surface area contributed by atoms with Crippen LogP contribution in [0.3, 0.4) is 0 Å². The average molecular weight is 467 g/mol. The van der Waals surface area contributed by atoms with E-state index in [1.54, 1.807) is 12.3 Å². The van der Waals surface area contributed by atoms with Gasteiger partial charge >= 0.3 is 0 Å². The van der Waals surface area contributed by atoms with Gasteiger partial charge in [-0.1, -0.05) is 53.5 Å². The summed E-state index contributed by atoms with van der Waals surface area (Å²) in [5.41, 5.74) is 3.72. The lowest BCUT2D eigenvalue weighted by molar-refractivity contribution is -0.123. The number of benzene rings is 2. The summed E-state index contributed by atoms with van der Waals surface area (Å²) < 4.78 is 6.30. The monoisotopic (exact) mass is 466 g/mol. The maximum atomic E-state index is 13.0. The van der Waals surface area contributed by atoms with Gasteiger partial charge in [0.1, 0.15) is 11.4 Å². The van der Waals surface area contributed by atoms with Crippen molar-refractivity contribution in [3.8, 4) is 17.0 Å². The molecule has 0 radical (unpaired) electrons. The van der Waals surface area contributed by atoms with E-state index in [1.165, 1.54) is 0 Å². The normalized spacial score (nSPS) is 18.4. The summed E-state index contributed by atoms with van der Waals surface area (Å²) in [6.45, 7) is 0. The van der Waals surface area contributed by atoms with Crippen molar-refractivity contribution in [3.63, 3.8) is 0 Å². The van der Waals surface area contributed by atoms with Crippen LogP contribution in [0.4, 0.5) is 0 Å². The fourth-order valence-electron chi connectivity index (χ4n) is 4.72. The number of fused-ring (bicyclic) bond motifs is 1. The van der Waals surface area contributed by atoms with Gasteiger partial charge in [-0.25, -0.2) is 0 Å². The van der Waals surface area contributed by atoms with Crippen LogP contribution in [0.2, 0.25) is 10.0 Å². The number of aryl methyl sites for hydroxylation is 1. The van der Waals surface area contributed by atoms with E-state index in [9.17, 15) is 4.79 Å². The number of rotatable bonds is 5. The maximum absolute atomic E-state index is 13.0. The minimum absolute atomic E-state index is 0.00393. The van der Waals surface area contributed by atoms with Gasteiger partial charge in [0.15, 0.2) is 0 Å². The largest absolute Gasteiger partial charge is 0.485 e. The van der Waals surface area contributed by atoms with Crippen LogP contribution in [0.25, 0.3) is 11.3 Å². The number of pyridine rings is 1. The molecule has 4 nitrogen and oxygen atoms in total. The number of nitrogens with one attached hydrogen (secondary N) is 1. The number of hydrogen-bond acceptors (Lipinski definition) is 3. The molecule has 1 unspecified atom stereocenters. The van der Waals surface area contributed by atoms with E-state index in [0.29, 0.717) is 28.6 Å². The predicted molar refractivity (Wildman–Crippen MR) is 127 cm³/mol. The fourth-order valence-corrected chi connectivity index (χ4v) is 5.27. The molecule has 1 N–H and O–H groups in total. The number of carbonyl (C=O) groups excluding carboxylic acids is 1. The van der Waals surface area contributed by atoms with Crippen LogP contribution in [-0.4, -0.2) is 16.5 Å². The number of nitrogens with zero attached hydrogens (tertiary/aromatic N) is 1. The van der Waals surface area contributed by atoms with Gasteiger partial charge in [-0.15, -0.1) is 0 Å². The standard InChI is InChI=1S/C26H24Cl2N2O2/c27-18-14-20-23(16-26(11-5-12-26)32-25(20)21(28)15-18)30-24(31)10-9-17-6-1-2-7-19(17)22-8-3-4-13-29-22/h1-4,6-8,13-15,23H,5,9-12,16H2,(H,30,31). The zero-order chi connectivity index (χ0) is 22.1. The summed E-state index contributed by atoms with van der Waals surface area (Å²) in [4.78, 5) is 17.5. The van der Waals surface area contributed by atoms with Gasteiger partial charge in [-0.2, -0.15) is 0 Å². The summed E-state index contributed by atoms with van der Waals surface area (Å²) in [6, 6.07) is 17.4. The van der Waals surface area contributed by atoms with Crippen molar-refractivity contribution in [1.29, 1.82) is 0 Å². The van der Waals surface area contributed by atoms with Crippen LogP contribution in [0.1, 0.15) is 49.3 Å². The van der Waals surface area contributed by atoms with Gasteiger partial charge in [-0.05, 0) is 55.5 Å². The molecule has 1 spiro atoms. The summed E-state index contributed by atoms with van der Waals surface area (Å²) in [7, 11) is 0. The van der Waals surface area contributed by atoms with Gasteiger partial charge in [0.2, 0.25) is 5.91 Å². The molecule has 1 aliphatic carbocycles. The quantitative estimate of drug-likeness (QED) is 0.463. The Morgan fingerprint density at radius 2 is 1.94 bits per heavy atom. The van der Waals surface area contributed by atoms with Crippen molar-refractivity contribution >= 4 is 29.1 Å². The Labute approximate surface area is 197 Å². The SMILES string of the molecule is O=C(CCc1ccccc1-c1ccccn1)NC1CC2(CCC2)Oc2c(Cl)cc(Cl)cc21. The molecule has 0 bridgehead atoms. The predicted octanol–water partition coefficient (Wildman–Crippen LogP) is 6.55. The van der Waals surface area contributed by atoms with Gasteiger partial charge in [0.25, 0.3) is 0 Å². The van der Waals surface area contributed by atoms with Crippen LogP contribution in [0.15, 0.2) is 60.8 Å². The first kappa shape index (κ1) is 21.3. The molecular weight excluding hydrogens is 443 g/mol. The van der Waals surface area contributed by atoms with Gasteiger partial charge in [-0.3, -0.25) is 9.78 Å². The lowest BCUT2D eigenvalue weighted by atomic mass is 9.73. The second-order valence-corrected chi connectivity index (χ2v) is 9.48. The molecular formula is C26H24Cl2N2O2. The molecule has 0 saturated heterocycles. The minimum Gasteiger partial charge on any atom is -0.485 e. The van der Waals surface area contributed by atoms with E-state index < -0.39 is 0 Å². The van der Waals surface area contributed by atoms with Crippen LogP contribution in [-0.2, 0) is 11.2 Å². The third kappa shape index (κ3) is 4.22. The molecule has 5 rings (SSSR count). The van der Waals surface area contributed by atoms with Gasteiger partial charge < -0.3 is 10.1 Å². The maximum Gasteiger partial charge on any atom is 0.220 e. The topological polar surface area (TPSA) is 51.2 Å². The lowest BCUT2D eigenvalue weighted by Crippen LogP contribution is -2.49. The Bertz CT molecular complexity index is 1150. The first-order valence-electron chi connectivity index (χ1n) is 11.0. The highest BCUT2D eigenvalue weighted by molar-refractivity contribution is 6.35. The lowest BCUT2D eigenvalue weighted by Gasteiger charge is -2.48. The highest BCUT2D eigenvalue weighted by Gasteiger charge is 2.46. The van der Waals surface area contributed by atoms with Gasteiger partial charge in [0.05, 0.1) is 16.8 Å². The molecule has 3 aromatic rings. The third-order valence-corrected chi connectivity index (χ3v) is 6.99. The number of amides is 1. The molecule has 1 saturated carbocycles. The summed E-state index contributed by atoms with van der Waals surface area (Å²) in [5.74, 6) is 0.664. The van der Waals surface area contributed by atoms with Gasteiger partial charge in [0, 0.05) is 35.2 Å². The second-order valence-electron chi connectivity index (χ2n) is 8.64. The van der Waals surface area contributed by atoms with E-state index in [-0.39, 0.29) is 17.6 Å². The average Bonchev–Trinajstić information content (AvgIpc) is 2.78. The van der Waals surface area contributed by atoms with Crippen molar-refractivity contribution in [2.75, 3.05) is 0 Å². The molecule has 2 aliphatic rings. The Morgan fingerprint density at radius 3 is 2.69 bits per heavy atom. The number of carbonyl (C=O) groups is 1. The number of hydrogen-bond donors (Lipinski definition) is 1. The van der Waals surface area contributed by atoms with Crippen LogP contribution in [0.5, 0.6) is 5.75 Å². The highest BCUT2D eigenvalue weighted by Crippen LogP contribution is 2.51. The van der Waals surface area contributed by atoms with E-state index in [4.69, 9.17) is 27.9 Å².